The molecule has 0 aliphatic carbocycles. The molecule has 1 heterocycles. The standard InChI is InChI=1S/C32H43NO/c1-3-4-5-6-7-8-12-20-28-21-15-16-25(2)33(28)32(27-18-10-9-11-19-27)31-29-22-14-13-17-26(29)23-24-30(31)34/h9-11,13-14,17-19,22-25,28,32,34H,3-8,12,15-16,20-21H2,1-2H3/t25-,28+,32-/m0/s1. The fourth-order valence-corrected chi connectivity index (χ4v) is 6.10. The third-order valence-corrected chi connectivity index (χ3v) is 7.87. The van der Waals surface area contributed by atoms with Gasteiger partial charge in [-0.1, -0.05) is 119 Å². The van der Waals surface area contributed by atoms with E-state index in [1.807, 2.05) is 12.1 Å². The number of likely N-dealkylation sites (tertiary alicyclic amines) is 1. The average Bonchev–Trinajstić information content (AvgIpc) is 2.87. The van der Waals surface area contributed by atoms with Gasteiger partial charge in [-0.25, -0.2) is 0 Å². The fourth-order valence-electron chi connectivity index (χ4n) is 6.10. The SMILES string of the molecule is CCCCCCCCC[C@@H]1CCC[C@H](C)N1[C@@H](c1ccccc1)c1c(O)ccc2ccccc12. The highest BCUT2D eigenvalue weighted by Crippen LogP contribution is 2.44. The molecule has 182 valence electrons. The Bertz CT molecular complexity index is 1010. The van der Waals surface area contributed by atoms with Crippen molar-refractivity contribution in [1.29, 1.82) is 0 Å². The normalized spacial score (nSPS) is 19.9. The first kappa shape index (κ1) is 24.8. The summed E-state index contributed by atoms with van der Waals surface area (Å²) in [6.07, 6.45) is 14.5. The smallest absolute Gasteiger partial charge is 0.121 e. The molecule has 1 fully saturated rings. The number of benzene rings is 3. The maximum Gasteiger partial charge on any atom is 0.121 e. The number of rotatable bonds is 11. The number of aromatic hydroxyl groups is 1. The number of unbranched alkanes of at least 4 members (excludes halogenated alkanes) is 6. The Hall–Kier alpha value is -2.32. The largest absolute Gasteiger partial charge is 0.508 e. The van der Waals surface area contributed by atoms with Crippen molar-refractivity contribution in [2.24, 2.45) is 0 Å². The number of phenolic OH excluding ortho intramolecular Hbond substituents is 1. The van der Waals surface area contributed by atoms with Crippen LogP contribution >= 0.6 is 0 Å². The van der Waals surface area contributed by atoms with Gasteiger partial charge in [-0.15, -0.1) is 0 Å². The molecular weight excluding hydrogens is 414 g/mol. The minimum Gasteiger partial charge on any atom is -0.508 e. The Morgan fingerprint density at radius 3 is 2.32 bits per heavy atom. The van der Waals surface area contributed by atoms with E-state index in [2.05, 4.69) is 73.3 Å². The first-order valence-electron chi connectivity index (χ1n) is 13.7. The highest BCUT2D eigenvalue weighted by atomic mass is 16.3. The van der Waals surface area contributed by atoms with Crippen LogP contribution in [0.2, 0.25) is 0 Å². The van der Waals surface area contributed by atoms with Crippen LogP contribution in [0.4, 0.5) is 0 Å². The molecular formula is C32H43NO. The highest BCUT2D eigenvalue weighted by molar-refractivity contribution is 5.88. The molecule has 2 heteroatoms. The monoisotopic (exact) mass is 457 g/mol. The minimum absolute atomic E-state index is 0.0668. The zero-order valence-corrected chi connectivity index (χ0v) is 21.3. The maximum atomic E-state index is 11.2. The van der Waals surface area contributed by atoms with Gasteiger partial charge in [0, 0.05) is 17.6 Å². The predicted molar refractivity (Wildman–Crippen MR) is 145 cm³/mol. The Labute approximate surface area is 207 Å². The zero-order valence-electron chi connectivity index (χ0n) is 21.3. The van der Waals surface area contributed by atoms with Crippen molar-refractivity contribution in [3.63, 3.8) is 0 Å². The van der Waals surface area contributed by atoms with Crippen molar-refractivity contribution >= 4 is 10.8 Å². The summed E-state index contributed by atoms with van der Waals surface area (Å²) in [5.41, 5.74) is 2.36. The summed E-state index contributed by atoms with van der Waals surface area (Å²) in [6, 6.07) is 24.5. The Kier molecular flexibility index (Phi) is 9.04. The Balaban J connectivity index is 1.65. The summed E-state index contributed by atoms with van der Waals surface area (Å²) in [6.45, 7) is 4.69. The van der Waals surface area contributed by atoms with Crippen LogP contribution in [0.1, 0.15) is 102 Å². The molecule has 34 heavy (non-hydrogen) atoms. The van der Waals surface area contributed by atoms with Gasteiger partial charge in [-0.3, -0.25) is 4.90 Å². The van der Waals surface area contributed by atoms with E-state index in [0.29, 0.717) is 17.8 Å². The van der Waals surface area contributed by atoms with Gasteiger partial charge in [0.2, 0.25) is 0 Å². The summed E-state index contributed by atoms with van der Waals surface area (Å²) in [7, 11) is 0. The molecule has 1 aliphatic rings. The third-order valence-electron chi connectivity index (χ3n) is 7.87. The van der Waals surface area contributed by atoms with E-state index in [1.165, 1.54) is 87.0 Å². The van der Waals surface area contributed by atoms with Gasteiger partial charge in [0.05, 0.1) is 6.04 Å². The lowest BCUT2D eigenvalue weighted by Gasteiger charge is -2.46. The second kappa shape index (κ2) is 12.4. The summed E-state index contributed by atoms with van der Waals surface area (Å²) < 4.78 is 0. The lowest BCUT2D eigenvalue weighted by atomic mass is 9.85. The molecule has 3 aromatic rings. The van der Waals surface area contributed by atoms with Crippen LogP contribution in [0.3, 0.4) is 0 Å². The fraction of sp³-hybridized carbons (Fsp3) is 0.500. The lowest BCUT2D eigenvalue weighted by molar-refractivity contribution is 0.0546. The van der Waals surface area contributed by atoms with Crippen molar-refractivity contribution in [3.05, 3.63) is 77.9 Å². The topological polar surface area (TPSA) is 23.5 Å². The van der Waals surface area contributed by atoms with E-state index in [0.717, 1.165) is 5.56 Å². The van der Waals surface area contributed by atoms with E-state index in [4.69, 9.17) is 0 Å². The van der Waals surface area contributed by atoms with Crippen molar-refractivity contribution in [2.75, 3.05) is 0 Å². The molecule has 2 nitrogen and oxygen atoms in total. The Morgan fingerprint density at radius 2 is 1.53 bits per heavy atom. The van der Waals surface area contributed by atoms with Gasteiger partial charge >= 0.3 is 0 Å². The second-order valence-corrected chi connectivity index (χ2v) is 10.3. The quantitative estimate of drug-likeness (QED) is 0.290. The first-order chi connectivity index (χ1) is 16.7. The maximum absolute atomic E-state index is 11.2. The molecule has 1 aliphatic heterocycles. The predicted octanol–water partition coefficient (Wildman–Crippen LogP) is 9.02. The molecule has 0 amide bonds. The van der Waals surface area contributed by atoms with E-state index >= 15 is 0 Å². The van der Waals surface area contributed by atoms with Crippen molar-refractivity contribution in [1.82, 2.24) is 4.90 Å². The van der Waals surface area contributed by atoms with Crippen LogP contribution < -0.4 is 0 Å². The van der Waals surface area contributed by atoms with Gasteiger partial charge in [-0.05, 0) is 48.6 Å². The van der Waals surface area contributed by atoms with Gasteiger partial charge in [-0.2, -0.15) is 0 Å². The molecule has 3 atom stereocenters. The van der Waals surface area contributed by atoms with Crippen LogP contribution in [-0.4, -0.2) is 22.1 Å². The van der Waals surface area contributed by atoms with E-state index in [-0.39, 0.29) is 6.04 Å². The van der Waals surface area contributed by atoms with Crippen molar-refractivity contribution in [2.45, 2.75) is 103 Å². The van der Waals surface area contributed by atoms with Crippen LogP contribution in [0.5, 0.6) is 5.75 Å². The van der Waals surface area contributed by atoms with E-state index < -0.39 is 0 Å². The minimum atomic E-state index is 0.0668. The molecule has 0 radical (unpaired) electrons. The molecule has 0 spiro atoms. The van der Waals surface area contributed by atoms with Crippen molar-refractivity contribution in [3.8, 4) is 5.75 Å². The number of phenols is 1. The zero-order chi connectivity index (χ0) is 23.8. The molecule has 4 rings (SSSR count). The molecule has 1 saturated heterocycles. The molecule has 0 saturated carbocycles. The van der Waals surface area contributed by atoms with Gasteiger partial charge in [0.25, 0.3) is 0 Å². The molecule has 1 N–H and O–H groups in total. The van der Waals surface area contributed by atoms with Gasteiger partial charge in [0.15, 0.2) is 0 Å². The summed E-state index contributed by atoms with van der Waals surface area (Å²) in [5, 5.41) is 13.6. The number of nitrogens with zero attached hydrogens (tertiary/aromatic N) is 1. The molecule has 0 bridgehead atoms. The molecule has 0 unspecified atom stereocenters. The van der Waals surface area contributed by atoms with Crippen LogP contribution in [0.25, 0.3) is 10.8 Å². The number of fused-ring (bicyclic) bond motifs is 1. The van der Waals surface area contributed by atoms with E-state index in [1.54, 1.807) is 0 Å². The average molecular weight is 458 g/mol. The van der Waals surface area contributed by atoms with Gasteiger partial charge in [0.1, 0.15) is 5.75 Å². The summed E-state index contributed by atoms with van der Waals surface area (Å²) >= 11 is 0. The van der Waals surface area contributed by atoms with Crippen LogP contribution in [0, 0.1) is 0 Å². The number of hydrogen-bond donors (Lipinski definition) is 1. The summed E-state index contributed by atoms with van der Waals surface area (Å²) in [5.74, 6) is 0.417. The number of piperidine rings is 1. The lowest BCUT2D eigenvalue weighted by Crippen LogP contribution is -2.47. The van der Waals surface area contributed by atoms with Crippen LogP contribution in [-0.2, 0) is 0 Å². The third kappa shape index (κ3) is 5.84. The van der Waals surface area contributed by atoms with Gasteiger partial charge < -0.3 is 5.11 Å². The number of hydrogen-bond acceptors (Lipinski definition) is 2. The van der Waals surface area contributed by atoms with Crippen molar-refractivity contribution < 1.29 is 5.11 Å². The van der Waals surface area contributed by atoms with Crippen LogP contribution in [0.15, 0.2) is 66.7 Å². The highest BCUT2D eigenvalue weighted by Gasteiger charge is 2.36. The first-order valence-corrected chi connectivity index (χ1v) is 13.7. The second-order valence-electron chi connectivity index (χ2n) is 10.3. The summed E-state index contributed by atoms with van der Waals surface area (Å²) in [4.78, 5) is 2.76. The van der Waals surface area contributed by atoms with E-state index in [9.17, 15) is 5.11 Å². The molecule has 0 aromatic heterocycles. The molecule has 3 aromatic carbocycles. The Morgan fingerprint density at radius 1 is 0.824 bits per heavy atom.